The van der Waals surface area contributed by atoms with Crippen molar-refractivity contribution in [3.05, 3.63) is 29.3 Å². The summed E-state index contributed by atoms with van der Waals surface area (Å²) >= 11 is 7.53. The lowest BCUT2D eigenvalue weighted by Gasteiger charge is -2.09. The molecule has 14 heavy (non-hydrogen) atoms. The minimum absolute atomic E-state index is 0.229. The van der Waals surface area contributed by atoms with Crippen LogP contribution in [0.4, 0.5) is 0 Å². The maximum Gasteiger partial charge on any atom is 0.0916 e. The molecule has 0 spiro atoms. The predicted octanol–water partition coefficient (Wildman–Crippen LogP) is 3.15. The minimum atomic E-state index is 0.229. The molecule has 0 bridgehead atoms. The van der Waals surface area contributed by atoms with Gasteiger partial charge < -0.3 is 5.73 Å². The van der Waals surface area contributed by atoms with Gasteiger partial charge in [0.25, 0.3) is 0 Å². The first-order valence-corrected chi connectivity index (χ1v) is 5.59. The van der Waals surface area contributed by atoms with Crippen LogP contribution in [0.5, 0.6) is 0 Å². The molecule has 1 atom stereocenters. The molecule has 1 unspecified atom stereocenters. The molecule has 0 saturated carbocycles. The first-order chi connectivity index (χ1) is 6.58. The molecule has 1 aromatic carbocycles. The Morgan fingerprint density at radius 2 is 2.36 bits per heavy atom. The smallest absolute Gasteiger partial charge is 0.0916 e. The second-order valence-electron chi connectivity index (χ2n) is 3.12. The van der Waals surface area contributed by atoms with Crippen LogP contribution in [0.15, 0.2) is 29.2 Å². The third kappa shape index (κ3) is 4.03. The fraction of sp³-hybridized carbons (Fsp3) is 0.300. The van der Waals surface area contributed by atoms with Crippen LogP contribution < -0.4 is 5.73 Å². The van der Waals surface area contributed by atoms with Crippen molar-refractivity contribution in [1.82, 2.24) is 0 Å². The van der Waals surface area contributed by atoms with E-state index < -0.39 is 0 Å². The Hall–Kier alpha value is -0.670. The first-order valence-electron chi connectivity index (χ1n) is 4.33. The maximum atomic E-state index is 7.17. The SMILES string of the molecule is CC(CC(=N)N)Sc1cccc(Cl)c1. The van der Waals surface area contributed by atoms with E-state index in [0.717, 1.165) is 9.92 Å². The van der Waals surface area contributed by atoms with Crippen LogP contribution in [0.2, 0.25) is 5.02 Å². The molecule has 0 aromatic heterocycles. The highest BCUT2D eigenvalue weighted by Gasteiger charge is 2.05. The summed E-state index contributed by atoms with van der Waals surface area (Å²) in [6.45, 7) is 2.05. The van der Waals surface area contributed by atoms with Gasteiger partial charge in [-0.3, -0.25) is 5.41 Å². The van der Waals surface area contributed by atoms with Crippen molar-refractivity contribution in [2.45, 2.75) is 23.5 Å². The van der Waals surface area contributed by atoms with Gasteiger partial charge >= 0.3 is 0 Å². The number of nitrogens with one attached hydrogen (secondary N) is 1. The topological polar surface area (TPSA) is 49.9 Å². The Morgan fingerprint density at radius 1 is 1.64 bits per heavy atom. The van der Waals surface area contributed by atoms with E-state index in [2.05, 4.69) is 0 Å². The molecular weight excluding hydrogens is 216 g/mol. The van der Waals surface area contributed by atoms with E-state index >= 15 is 0 Å². The van der Waals surface area contributed by atoms with Gasteiger partial charge in [-0.2, -0.15) is 0 Å². The number of hydrogen-bond acceptors (Lipinski definition) is 2. The van der Waals surface area contributed by atoms with E-state index in [-0.39, 0.29) is 5.84 Å². The van der Waals surface area contributed by atoms with Crippen LogP contribution in [0.1, 0.15) is 13.3 Å². The van der Waals surface area contributed by atoms with Gasteiger partial charge in [0.05, 0.1) is 5.84 Å². The summed E-state index contributed by atoms with van der Waals surface area (Å²) < 4.78 is 0. The third-order valence-electron chi connectivity index (χ3n) is 1.64. The van der Waals surface area contributed by atoms with Gasteiger partial charge in [-0.05, 0) is 18.2 Å². The summed E-state index contributed by atoms with van der Waals surface area (Å²) in [5.74, 6) is 0.229. The number of amidine groups is 1. The molecule has 4 heteroatoms. The van der Waals surface area contributed by atoms with Crippen LogP contribution in [0, 0.1) is 5.41 Å². The molecule has 1 rings (SSSR count). The van der Waals surface area contributed by atoms with Crippen molar-refractivity contribution >= 4 is 29.2 Å². The van der Waals surface area contributed by atoms with E-state index in [1.807, 2.05) is 31.2 Å². The first kappa shape index (κ1) is 11.4. The van der Waals surface area contributed by atoms with Gasteiger partial charge in [0.2, 0.25) is 0 Å². The number of halogens is 1. The summed E-state index contributed by atoms with van der Waals surface area (Å²) in [5.41, 5.74) is 5.32. The van der Waals surface area contributed by atoms with Crippen molar-refractivity contribution in [2.24, 2.45) is 5.73 Å². The normalized spacial score (nSPS) is 12.4. The average molecular weight is 229 g/mol. The lowest BCUT2D eigenvalue weighted by Crippen LogP contribution is -2.14. The van der Waals surface area contributed by atoms with Gasteiger partial charge in [0.15, 0.2) is 0 Å². The molecule has 0 aliphatic carbocycles. The fourth-order valence-electron chi connectivity index (χ4n) is 1.12. The standard InChI is InChI=1S/C10H13ClN2S/c1-7(5-10(12)13)14-9-4-2-3-8(11)6-9/h2-4,6-7H,5H2,1H3,(H3,12,13). The van der Waals surface area contributed by atoms with Gasteiger partial charge in [-0.1, -0.05) is 24.6 Å². The predicted molar refractivity (Wildman–Crippen MR) is 63.3 cm³/mol. The zero-order chi connectivity index (χ0) is 10.6. The summed E-state index contributed by atoms with van der Waals surface area (Å²) in [5, 5.41) is 8.22. The molecule has 2 nitrogen and oxygen atoms in total. The van der Waals surface area contributed by atoms with Gasteiger partial charge in [0.1, 0.15) is 0 Å². The zero-order valence-electron chi connectivity index (χ0n) is 7.96. The minimum Gasteiger partial charge on any atom is -0.388 e. The Balaban J connectivity index is 2.55. The van der Waals surface area contributed by atoms with E-state index in [9.17, 15) is 0 Å². The molecule has 0 aliphatic heterocycles. The van der Waals surface area contributed by atoms with Crippen LogP contribution in [0.25, 0.3) is 0 Å². The van der Waals surface area contributed by atoms with E-state index in [4.69, 9.17) is 22.7 Å². The summed E-state index contributed by atoms with van der Waals surface area (Å²) in [6.07, 6.45) is 0.608. The van der Waals surface area contributed by atoms with E-state index in [1.165, 1.54) is 0 Å². The summed E-state index contributed by atoms with van der Waals surface area (Å²) in [7, 11) is 0. The van der Waals surface area contributed by atoms with Crippen LogP contribution in [-0.4, -0.2) is 11.1 Å². The second kappa shape index (κ2) is 5.27. The maximum absolute atomic E-state index is 7.17. The number of thioether (sulfide) groups is 1. The third-order valence-corrected chi connectivity index (χ3v) is 2.97. The van der Waals surface area contributed by atoms with E-state index in [0.29, 0.717) is 11.7 Å². The number of benzene rings is 1. The largest absolute Gasteiger partial charge is 0.388 e. The average Bonchev–Trinajstić information content (AvgIpc) is 2.01. The summed E-state index contributed by atoms with van der Waals surface area (Å²) in [4.78, 5) is 1.12. The molecular formula is C10H13ClN2S. The Labute approximate surface area is 93.3 Å². The second-order valence-corrected chi connectivity index (χ2v) is 5.06. The van der Waals surface area contributed by atoms with Crippen LogP contribution in [0.3, 0.4) is 0 Å². The highest BCUT2D eigenvalue weighted by atomic mass is 35.5. The van der Waals surface area contributed by atoms with Crippen molar-refractivity contribution in [2.75, 3.05) is 0 Å². The van der Waals surface area contributed by atoms with Crippen LogP contribution in [-0.2, 0) is 0 Å². The highest BCUT2D eigenvalue weighted by Crippen LogP contribution is 2.26. The molecule has 0 saturated heterocycles. The molecule has 3 N–H and O–H groups in total. The molecule has 0 aliphatic rings. The van der Waals surface area contributed by atoms with Gasteiger partial charge in [-0.15, -0.1) is 11.8 Å². The van der Waals surface area contributed by atoms with Gasteiger partial charge in [-0.25, -0.2) is 0 Å². The Morgan fingerprint density at radius 3 is 2.93 bits per heavy atom. The highest BCUT2D eigenvalue weighted by molar-refractivity contribution is 8.00. The van der Waals surface area contributed by atoms with Crippen molar-refractivity contribution in [1.29, 1.82) is 5.41 Å². The van der Waals surface area contributed by atoms with Crippen molar-refractivity contribution in [3.8, 4) is 0 Å². The molecule has 76 valence electrons. The summed E-state index contributed by atoms with van der Waals surface area (Å²) in [6, 6.07) is 7.70. The van der Waals surface area contributed by atoms with Crippen molar-refractivity contribution < 1.29 is 0 Å². The molecule has 0 amide bonds. The molecule has 0 heterocycles. The number of rotatable bonds is 4. The van der Waals surface area contributed by atoms with Gasteiger partial charge in [0, 0.05) is 21.6 Å². The fourth-order valence-corrected chi connectivity index (χ4v) is 2.46. The monoisotopic (exact) mass is 228 g/mol. The zero-order valence-corrected chi connectivity index (χ0v) is 9.53. The lowest BCUT2D eigenvalue weighted by atomic mass is 10.3. The number of hydrogen-bond donors (Lipinski definition) is 2. The Bertz CT molecular complexity index is 328. The molecule has 0 radical (unpaired) electrons. The molecule has 0 fully saturated rings. The molecule has 1 aromatic rings. The quantitative estimate of drug-likeness (QED) is 0.473. The van der Waals surface area contributed by atoms with Crippen molar-refractivity contribution in [3.63, 3.8) is 0 Å². The Kier molecular flexibility index (Phi) is 4.29. The van der Waals surface area contributed by atoms with E-state index in [1.54, 1.807) is 11.8 Å². The number of nitrogens with two attached hydrogens (primary N) is 1. The van der Waals surface area contributed by atoms with Crippen LogP contribution >= 0.6 is 23.4 Å². The lowest BCUT2D eigenvalue weighted by molar-refractivity contribution is 0.996.